The van der Waals surface area contributed by atoms with Crippen molar-refractivity contribution in [1.29, 1.82) is 0 Å². The Hall–Kier alpha value is -3.82. The number of sulfone groups is 1. The fourth-order valence-electron chi connectivity index (χ4n) is 3.90. The van der Waals surface area contributed by atoms with Gasteiger partial charge in [-0.05, 0) is 77.9 Å². The summed E-state index contributed by atoms with van der Waals surface area (Å²) >= 11 is 0. The third-order valence-electron chi connectivity index (χ3n) is 6.16. The second-order valence-corrected chi connectivity index (χ2v) is 13.9. The Bertz CT molecular complexity index is 2000. The second-order valence-electron chi connectivity index (χ2n) is 8.60. The molecule has 0 aliphatic carbocycles. The van der Waals surface area contributed by atoms with Gasteiger partial charge in [0.25, 0.3) is 20.2 Å². The fourth-order valence-corrected chi connectivity index (χ4v) is 7.09. The van der Waals surface area contributed by atoms with Gasteiger partial charge in [-0.1, -0.05) is 18.2 Å². The predicted octanol–water partition coefficient (Wildman–Crippen LogP) is 3.88. The summed E-state index contributed by atoms with van der Waals surface area (Å²) < 4.78 is 96.5. The highest BCUT2D eigenvalue weighted by Gasteiger charge is 2.28. The van der Waals surface area contributed by atoms with Crippen LogP contribution in [0, 0.1) is 6.92 Å². The summed E-state index contributed by atoms with van der Waals surface area (Å²) in [6.07, 6.45) is 0. The molecule has 14 heteroatoms. The molecule has 4 rings (SSSR count). The van der Waals surface area contributed by atoms with Gasteiger partial charge in [-0.2, -0.15) is 16.8 Å². The van der Waals surface area contributed by atoms with Crippen LogP contribution in [0.2, 0.25) is 0 Å². The molecule has 41 heavy (non-hydrogen) atoms. The zero-order valence-corrected chi connectivity index (χ0v) is 24.6. The van der Waals surface area contributed by atoms with Gasteiger partial charge in [-0.3, -0.25) is 8.37 Å². The highest BCUT2D eigenvalue weighted by atomic mass is 32.2. The van der Waals surface area contributed by atoms with Crippen LogP contribution in [0.15, 0.2) is 92.4 Å². The molecule has 0 atom stereocenters. The smallest absolute Gasteiger partial charge is 0.343 e. The number of carbonyl (C=O) groups excluding carboxylic acids is 1. The first-order valence-corrected chi connectivity index (χ1v) is 15.9. The number of carbonyl (C=O) groups is 1. The molecule has 4 aromatic rings. The SMILES string of the molecule is COc1ccc2cc(C(=O)Oc3ccc(S(=O)(=O)c4ccc(C)c(S(=O)(=O)OC)c4)cc3S(=O)(=O)OC)ccc2c1. The van der Waals surface area contributed by atoms with Gasteiger partial charge in [-0.15, -0.1) is 0 Å². The van der Waals surface area contributed by atoms with E-state index in [1.807, 2.05) is 0 Å². The van der Waals surface area contributed by atoms with Gasteiger partial charge < -0.3 is 9.47 Å². The van der Waals surface area contributed by atoms with E-state index < -0.39 is 56.5 Å². The molecule has 0 N–H and O–H groups in total. The lowest BCUT2D eigenvalue weighted by molar-refractivity contribution is 0.0730. The van der Waals surface area contributed by atoms with Crippen molar-refractivity contribution in [3.05, 3.63) is 83.9 Å². The maximum atomic E-state index is 13.4. The predicted molar refractivity (Wildman–Crippen MR) is 147 cm³/mol. The molecule has 0 spiro atoms. The molecular formula is C27H24O11S3. The summed E-state index contributed by atoms with van der Waals surface area (Å²) in [5.74, 6) is -0.754. The Morgan fingerprint density at radius 3 is 1.83 bits per heavy atom. The van der Waals surface area contributed by atoms with Crippen molar-refractivity contribution >= 4 is 46.8 Å². The molecule has 0 fully saturated rings. The van der Waals surface area contributed by atoms with E-state index >= 15 is 0 Å². The topological polar surface area (TPSA) is 156 Å². The molecule has 0 aliphatic rings. The van der Waals surface area contributed by atoms with E-state index in [-0.39, 0.29) is 16.0 Å². The molecule has 0 saturated carbocycles. The van der Waals surface area contributed by atoms with E-state index in [1.165, 1.54) is 32.2 Å². The molecule has 0 amide bonds. The van der Waals surface area contributed by atoms with Crippen LogP contribution in [-0.2, 0) is 38.4 Å². The van der Waals surface area contributed by atoms with Crippen LogP contribution >= 0.6 is 0 Å². The van der Waals surface area contributed by atoms with E-state index in [4.69, 9.17) is 9.47 Å². The molecule has 0 heterocycles. The number of ether oxygens (including phenoxy) is 2. The van der Waals surface area contributed by atoms with Crippen molar-refractivity contribution in [1.82, 2.24) is 0 Å². The van der Waals surface area contributed by atoms with Gasteiger partial charge in [0.15, 0.2) is 5.75 Å². The highest BCUT2D eigenvalue weighted by molar-refractivity contribution is 7.91. The number of hydrogen-bond acceptors (Lipinski definition) is 11. The van der Waals surface area contributed by atoms with Crippen molar-refractivity contribution in [2.75, 3.05) is 21.3 Å². The largest absolute Gasteiger partial charge is 0.497 e. The molecular weight excluding hydrogens is 596 g/mol. The lowest BCUT2D eigenvalue weighted by atomic mass is 10.1. The summed E-state index contributed by atoms with van der Waals surface area (Å²) in [5.41, 5.74) is 0.343. The van der Waals surface area contributed by atoms with Gasteiger partial charge >= 0.3 is 5.97 Å². The van der Waals surface area contributed by atoms with Crippen LogP contribution in [0.3, 0.4) is 0 Å². The van der Waals surface area contributed by atoms with Crippen LogP contribution in [0.25, 0.3) is 10.8 Å². The number of aryl methyl sites for hydroxylation is 1. The van der Waals surface area contributed by atoms with Crippen LogP contribution in [0.5, 0.6) is 11.5 Å². The standard InChI is InChI=1S/C27H24O11S3/c1-17-5-10-22(15-25(17)40(31,32)36-3)39(29,30)23-11-12-24(26(16-23)41(33,34)37-4)38-27(28)20-7-6-19-14-21(35-2)9-8-18(19)13-20/h5-16H,1-4H3. The number of benzene rings is 4. The average molecular weight is 621 g/mol. The molecule has 0 saturated heterocycles. The Morgan fingerprint density at radius 1 is 0.634 bits per heavy atom. The van der Waals surface area contributed by atoms with Gasteiger partial charge in [0.1, 0.15) is 10.6 Å². The van der Waals surface area contributed by atoms with Crippen LogP contribution in [0.4, 0.5) is 0 Å². The first kappa shape index (κ1) is 30.1. The Kier molecular flexibility index (Phi) is 8.25. The second kappa shape index (κ2) is 11.2. The van der Waals surface area contributed by atoms with Crippen molar-refractivity contribution < 1.29 is 47.9 Å². The molecule has 0 aliphatic heterocycles. The number of rotatable bonds is 9. The van der Waals surface area contributed by atoms with E-state index in [2.05, 4.69) is 8.37 Å². The van der Waals surface area contributed by atoms with Crippen molar-refractivity contribution in [2.24, 2.45) is 0 Å². The number of hydrogen-bond donors (Lipinski definition) is 0. The minimum atomic E-state index is -4.58. The van der Waals surface area contributed by atoms with Crippen LogP contribution in [0.1, 0.15) is 15.9 Å². The zero-order valence-electron chi connectivity index (χ0n) is 22.1. The quantitative estimate of drug-likeness (QED) is 0.152. The van der Waals surface area contributed by atoms with Gasteiger partial charge in [0, 0.05) is 0 Å². The molecule has 11 nitrogen and oxygen atoms in total. The Labute approximate surface area is 237 Å². The number of fused-ring (bicyclic) bond motifs is 1. The molecule has 0 bridgehead atoms. The maximum Gasteiger partial charge on any atom is 0.343 e. The van der Waals surface area contributed by atoms with E-state index in [0.29, 0.717) is 11.1 Å². The summed E-state index contributed by atoms with van der Waals surface area (Å²) in [4.78, 5) is 10.9. The molecule has 4 aromatic carbocycles. The normalized spacial score (nSPS) is 12.3. The summed E-state index contributed by atoms with van der Waals surface area (Å²) in [7, 11) is -9.94. The summed E-state index contributed by atoms with van der Waals surface area (Å²) in [6.45, 7) is 1.46. The number of methoxy groups -OCH3 is 1. The van der Waals surface area contributed by atoms with Crippen molar-refractivity contribution in [3.63, 3.8) is 0 Å². The zero-order chi connectivity index (χ0) is 30.2. The molecule has 0 radical (unpaired) electrons. The average Bonchev–Trinajstić information content (AvgIpc) is 2.96. The molecule has 0 aromatic heterocycles. The fraction of sp³-hybridized carbons (Fsp3) is 0.148. The first-order chi connectivity index (χ1) is 19.2. The lowest BCUT2D eigenvalue weighted by Gasteiger charge is -2.13. The minimum Gasteiger partial charge on any atom is -0.497 e. The Morgan fingerprint density at radius 2 is 1.20 bits per heavy atom. The molecule has 0 unspecified atom stereocenters. The summed E-state index contributed by atoms with van der Waals surface area (Å²) in [5, 5.41) is 1.48. The van der Waals surface area contributed by atoms with Crippen LogP contribution < -0.4 is 9.47 Å². The number of esters is 1. The first-order valence-electron chi connectivity index (χ1n) is 11.6. The summed E-state index contributed by atoms with van der Waals surface area (Å²) in [6, 6.07) is 16.1. The lowest BCUT2D eigenvalue weighted by Crippen LogP contribution is -2.14. The van der Waals surface area contributed by atoms with Crippen molar-refractivity contribution in [3.8, 4) is 11.5 Å². The maximum absolute atomic E-state index is 13.4. The van der Waals surface area contributed by atoms with Gasteiger partial charge in [0.2, 0.25) is 9.84 Å². The Balaban J connectivity index is 1.76. The van der Waals surface area contributed by atoms with Gasteiger partial charge in [0.05, 0.1) is 41.6 Å². The van der Waals surface area contributed by atoms with Crippen LogP contribution in [-0.4, -0.2) is 52.6 Å². The third-order valence-corrected chi connectivity index (χ3v) is 10.6. The minimum absolute atomic E-state index is 0.103. The molecule has 216 valence electrons. The third kappa shape index (κ3) is 5.96. The van der Waals surface area contributed by atoms with E-state index in [9.17, 15) is 30.0 Å². The monoisotopic (exact) mass is 620 g/mol. The van der Waals surface area contributed by atoms with E-state index in [0.717, 1.165) is 43.9 Å². The van der Waals surface area contributed by atoms with Crippen molar-refractivity contribution in [2.45, 2.75) is 26.5 Å². The highest BCUT2D eigenvalue weighted by Crippen LogP contribution is 2.33. The van der Waals surface area contributed by atoms with E-state index in [1.54, 1.807) is 30.3 Å². The van der Waals surface area contributed by atoms with Gasteiger partial charge in [-0.25, -0.2) is 13.2 Å².